The van der Waals surface area contributed by atoms with Crippen LogP contribution in [0.2, 0.25) is 0 Å². The molecule has 0 fully saturated rings. The Labute approximate surface area is 156 Å². The lowest BCUT2D eigenvalue weighted by atomic mass is 9.89. The molecule has 0 aliphatic carbocycles. The average Bonchev–Trinajstić information content (AvgIpc) is 2.68. The zero-order valence-electron chi connectivity index (χ0n) is 15.1. The van der Waals surface area contributed by atoms with Gasteiger partial charge in [-0.3, -0.25) is 4.79 Å². The Hall–Kier alpha value is -3.16. The van der Waals surface area contributed by atoms with Crippen molar-refractivity contribution in [1.82, 2.24) is 0 Å². The Morgan fingerprint density at radius 1 is 1.07 bits per heavy atom. The van der Waals surface area contributed by atoms with Crippen LogP contribution < -0.4 is 0 Å². The molecule has 8 nitrogen and oxygen atoms in total. The molecule has 1 aromatic rings. The number of ether oxygens (including phenoxy) is 3. The maximum Gasteiger partial charge on any atom is 0.339 e. The van der Waals surface area contributed by atoms with Crippen molar-refractivity contribution in [2.75, 3.05) is 19.8 Å². The van der Waals surface area contributed by atoms with Crippen LogP contribution >= 0.6 is 0 Å². The van der Waals surface area contributed by atoms with Crippen molar-refractivity contribution in [3.63, 3.8) is 0 Å². The van der Waals surface area contributed by atoms with Crippen LogP contribution in [-0.4, -0.2) is 48.8 Å². The second-order valence-corrected chi connectivity index (χ2v) is 5.81. The van der Waals surface area contributed by atoms with E-state index in [1.54, 1.807) is 13.8 Å². The van der Waals surface area contributed by atoms with Crippen LogP contribution in [0.1, 0.15) is 41.0 Å². The van der Waals surface area contributed by atoms with Gasteiger partial charge in [0.2, 0.25) is 0 Å². The molecule has 1 N–H and O–H groups in total. The first-order chi connectivity index (χ1) is 12.7. The zero-order chi connectivity index (χ0) is 20.4. The summed E-state index contributed by atoms with van der Waals surface area (Å²) in [6.07, 6.45) is 1.09. The van der Waals surface area contributed by atoms with Gasteiger partial charge in [-0.05, 0) is 25.5 Å². The standard InChI is InChI=1S/C19H21O8/c1-4-15(20)27-12-19(3,5-2)18(24)26-11-10-25-17(23)14-9-7-6-8-13(14)16(21)22/h1,4,6-9H,5,10-12H2,2-3H3,(H,21,22). The van der Waals surface area contributed by atoms with E-state index in [0.29, 0.717) is 6.42 Å². The number of carboxylic acids is 1. The maximum absolute atomic E-state index is 12.2. The SMILES string of the molecule is [CH]=CC(=O)OCC(C)(CC)C(=O)OCCOC(=O)c1ccccc1C(=O)O. The highest BCUT2D eigenvalue weighted by Crippen LogP contribution is 2.23. The maximum atomic E-state index is 12.2. The normalized spacial score (nSPS) is 12.4. The van der Waals surface area contributed by atoms with Gasteiger partial charge in [-0.1, -0.05) is 25.6 Å². The van der Waals surface area contributed by atoms with Crippen molar-refractivity contribution < 1.29 is 38.5 Å². The zero-order valence-corrected chi connectivity index (χ0v) is 15.1. The molecule has 0 saturated carbocycles. The van der Waals surface area contributed by atoms with E-state index >= 15 is 0 Å². The smallest absolute Gasteiger partial charge is 0.339 e. The molecule has 1 radical (unpaired) electrons. The van der Waals surface area contributed by atoms with Gasteiger partial charge in [0.05, 0.1) is 16.5 Å². The predicted octanol–water partition coefficient (Wildman–Crippen LogP) is 2.03. The Morgan fingerprint density at radius 2 is 1.67 bits per heavy atom. The second-order valence-electron chi connectivity index (χ2n) is 5.81. The van der Waals surface area contributed by atoms with Crippen molar-refractivity contribution >= 4 is 23.9 Å². The van der Waals surface area contributed by atoms with E-state index in [-0.39, 0.29) is 30.9 Å². The molecule has 0 amide bonds. The summed E-state index contributed by atoms with van der Waals surface area (Å²) in [6.45, 7) is 7.62. The molecular formula is C19H21O8. The van der Waals surface area contributed by atoms with Crippen LogP contribution in [0, 0.1) is 12.0 Å². The molecule has 0 heterocycles. The summed E-state index contributed by atoms with van der Waals surface area (Å²) in [5.41, 5.74) is -1.35. The van der Waals surface area contributed by atoms with Gasteiger partial charge >= 0.3 is 23.9 Å². The Morgan fingerprint density at radius 3 is 2.22 bits per heavy atom. The van der Waals surface area contributed by atoms with Gasteiger partial charge in [0.15, 0.2) is 0 Å². The summed E-state index contributed by atoms with van der Waals surface area (Å²) in [4.78, 5) is 46.3. The van der Waals surface area contributed by atoms with E-state index in [9.17, 15) is 19.2 Å². The molecule has 1 unspecified atom stereocenters. The summed E-state index contributed by atoms with van der Waals surface area (Å²) >= 11 is 0. The average molecular weight is 377 g/mol. The van der Waals surface area contributed by atoms with Gasteiger partial charge in [0.25, 0.3) is 0 Å². The van der Waals surface area contributed by atoms with Crippen LogP contribution in [0.5, 0.6) is 0 Å². The number of rotatable bonds is 10. The molecule has 27 heavy (non-hydrogen) atoms. The van der Waals surface area contributed by atoms with Gasteiger partial charge in [-0.15, -0.1) is 0 Å². The highest BCUT2D eigenvalue weighted by atomic mass is 16.6. The van der Waals surface area contributed by atoms with Crippen molar-refractivity contribution in [1.29, 1.82) is 0 Å². The molecule has 1 aromatic carbocycles. The lowest BCUT2D eigenvalue weighted by molar-refractivity contribution is -0.162. The predicted molar refractivity (Wildman–Crippen MR) is 92.9 cm³/mol. The third kappa shape index (κ3) is 6.25. The van der Waals surface area contributed by atoms with E-state index in [1.165, 1.54) is 24.3 Å². The first-order valence-electron chi connectivity index (χ1n) is 8.13. The molecule has 145 valence electrons. The summed E-state index contributed by atoms with van der Waals surface area (Å²) in [5, 5.41) is 9.06. The number of hydrogen-bond acceptors (Lipinski definition) is 7. The monoisotopic (exact) mass is 377 g/mol. The van der Waals surface area contributed by atoms with E-state index in [2.05, 4.69) is 0 Å². The van der Waals surface area contributed by atoms with Crippen LogP contribution in [-0.2, 0) is 23.8 Å². The molecule has 1 rings (SSSR count). The van der Waals surface area contributed by atoms with Crippen molar-refractivity contribution in [2.45, 2.75) is 20.3 Å². The van der Waals surface area contributed by atoms with Crippen LogP contribution in [0.25, 0.3) is 0 Å². The molecule has 0 bridgehead atoms. The number of carbonyl (C=O) groups is 4. The van der Waals surface area contributed by atoms with Gasteiger partial charge in [-0.2, -0.15) is 0 Å². The van der Waals surface area contributed by atoms with Gasteiger partial charge in [-0.25, -0.2) is 14.4 Å². The Kier molecular flexibility index (Phi) is 8.19. The Bertz CT molecular complexity index is 724. The number of carboxylic acid groups (broad SMARTS) is 1. The quantitative estimate of drug-likeness (QED) is 0.285. The highest BCUT2D eigenvalue weighted by Gasteiger charge is 2.34. The van der Waals surface area contributed by atoms with Crippen molar-refractivity contribution in [2.24, 2.45) is 5.41 Å². The highest BCUT2D eigenvalue weighted by molar-refractivity contribution is 6.02. The van der Waals surface area contributed by atoms with Crippen molar-refractivity contribution in [3.05, 3.63) is 48.0 Å². The van der Waals surface area contributed by atoms with E-state index in [0.717, 1.165) is 6.08 Å². The molecule has 1 atom stereocenters. The first-order valence-corrected chi connectivity index (χ1v) is 8.13. The summed E-state index contributed by atoms with van der Waals surface area (Å²) in [6, 6.07) is 5.61. The van der Waals surface area contributed by atoms with Crippen LogP contribution in [0.15, 0.2) is 30.3 Å². The number of esters is 3. The fraction of sp³-hybridized carbons (Fsp3) is 0.368. The topological polar surface area (TPSA) is 116 Å². The van der Waals surface area contributed by atoms with E-state index < -0.39 is 29.3 Å². The number of carbonyl (C=O) groups excluding carboxylic acids is 3. The van der Waals surface area contributed by atoms with Gasteiger partial charge in [0.1, 0.15) is 19.8 Å². The molecule has 0 aromatic heterocycles. The molecule has 8 heteroatoms. The van der Waals surface area contributed by atoms with Crippen LogP contribution in [0.3, 0.4) is 0 Å². The van der Waals surface area contributed by atoms with Crippen molar-refractivity contribution in [3.8, 4) is 0 Å². The Balaban J connectivity index is 2.54. The van der Waals surface area contributed by atoms with Crippen LogP contribution in [0.4, 0.5) is 0 Å². The molecule has 0 aliphatic rings. The van der Waals surface area contributed by atoms with Gasteiger partial charge in [0, 0.05) is 6.08 Å². The summed E-state index contributed by atoms with van der Waals surface area (Å²) in [7, 11) is 0. The largest absolute Gasteiger partial charge is 0.478 e. The first kappa shape index (κ1) is 21.9. The summed E-state index contributed by atoms with van der Waals surface area (Å²) < 4.78 is 14.9. The lowest BCUT2D eigenvalue weighted by Crippen LogP contribution is -2.35. The summed E-state index contributed by atoms with van der Waals surface area (Å²) in [5.74, 6) is -3.48. The third-order valence-electron chi connectivity index (χ3n) is 3.87. The number of hydrogen-bond donors (Lipinski definition) is 1. The molecule has 0 aliphatic heterocycles. The minimum atomic E-state index is -1.25. The van der Waals surface area contributed by atoms with Gasteiger partial charge < -0.3 is 19.3 Å². The number of benzene rings is 1. The molecule has 0 spiro atoms. The fourth-order valence-corrected chi connectivity index (χ4v) is 1.95. The van der Waals surface area contributed by atoms with E-state index in [4.69, 9.17) is 25.9 Å². The third-order valence-corrected chi connectivity index (χ3v) is 3.87. The van der Waals surface area contributed by atoms with E-state index in [1.807, 2.05) is 0 Å². The molecule has 0 saturated heterocycles. The number of aromatic carboxylic acids is 1. The minimum Gasteiger partial charge on any atom is -0.478 e. The molecular weight excluding hydrogens is 356 g/mol. The second kappa shape index (κ2) is 10.1. The minimum absolute atomic E-state index is 0.0975. The lowest BCUT2D eigenvalue weighted by Gasteiger charge is -2.25. The fourth-order valence-electron chi connectivity index (χ4n) is 1.95.